The highest BCUT2D eigenvalue weighted by atomic mass is 32.1. The molecule has 0 atom stereocenters. The largest absolute Gasteiger partial charge is 0.481 e. The van der Waals surface area contributed by atoms with Gasteiger partial charge in [0.05, 0.1) is 5.69 Å². The lowest BCUT2D eigenvalue weighted by Gasteiger charge is -2.26. The van der Waals surface area contributed by atoms with Crippen LogP contribution in [0.2, 0.25) is 0 Å². The summed E-state index contributed by atoms with van der Waals surface area (Å²) in [7, 11) is 0. The van der Waals surface area contributed by atoms with Gasteiger partial charge in [-0.15, -0.1) is 11.3 Å². The maximum absolute atomic E-state index is 11.5. The normalized spacial score (nSPS) is 16.3. The highest BCUT2D eigenvalue weighted by molar-refractivity contribution is 7.13. The molecule has 0 spiro atoms. The maximum atomic E-state index is 11.5. The van der Waals surface area contributed by atoms with Crippen molar-refractivity contribution < 1.29 is 9.90 Å². The van der Waals surface area contributed by atoms with Crippen LogP contribution in [0.15, 0.2) is 5.38 Å². The van der Waals surface area contributed by atoms with E-state index < -0.39 is 11.4 Å². The lowest BCUT2D eigenvalue weighted by atomic mass is 9.80. The molecule has 1 aliphatic rings. The molecule has 2 N–H and O–H groups in total. The molecule has 0 saturated heterocycles. The third-order valence-corrected chi connectivity index (χ3v) is 4.82. The van der Waals surface area contributed by atoms with Gasteiger partial charge in [0.1, 0.15) is 5.41 Å². The predicted octanol–water partition coefficient (Wildman–Crippen LogP) is 3.25. The van der Waals surface area contributed by atoms with E-state index in [2.05, 4.69) is 10.3 Å². The Morgan fingerprint density at radius 3 is 2.67 bits per heavy atom. The zero-order chi connectivity index (χ0) is 13.2. The molecule has 0 unspecified atom stereocenters. The second-order valence-electron chi connectivity index (χ2n) is 4.90. The Bertz CT molecular complexity index is 422. The first-order valence-corrected chi connectivity index (χ1v) is 7.46. The highest BCUT2D eigenvalue weighted by Gasteiger charge is 2.39. The van der Waals surface area contributed by atoms with Gasteiger partial charge in [-0.3, -0.25) is 4.79 Å². The summed E-state index contributed by atoms with van der Waals surface area (Å²) in [5, 5.41) is 15.6. The summed E-state index contributed by atoms with van der Waals surface area (Å²) < 4.78 is 0. The van der Waals surface area contributed by atoms with Gasteiger partial charge in [0.25, 0.3) is 0 Å². The van der Waals surface area contributed by atoms with Crippen LogP contribution in [0.1, 0.15) is 51.6 Å². The average Bonchev–Trinajstić information content (AvgIpc) is 2.75. The number of nitrogens with zero attached hydrogens (tertiary/aromatic N) is 1. The highest BCUT2D eigenvalue weighted by Crippen LogP contribution is 2.35. The predicted molar refractivity (Wildman–Crippen MR) is 73.3 cm³/mol. The van der Waals surface area contributed by atoms with Crippen LogP contribution in [0.25, 0.3) is 0 Å². The summed E-state index contributed by atoms with van der Waals surface area (Å²) in [6.45, 7) is 3.83. The molecule has 1 aromatic rings. The molecule has 1 aromatic heterocycles. The first-order valence-electron chi connectivity index (χ1n) is 6.58. The van der Waals surface area contributed by atoms with Crippen LogP contribution in [0.5, 0.6) is 0 Å². The molecule has 0 bridgehead atoms. The van der Waals surface area contributed by atoms with Crippen LogP contribution in [0.3, 0.4) is 0 Å². The molecule has 1 heterocycles. The van der Waals surface area contributed by atoms with E-state index in [0.717, 1.165) is 5.13 Å². The molecule has 0 amide bonds. The van der Waals surface area contributed by atoms with E-state index in [1.165, 1.54) is 30.6 Å². The van der Waals surface area contributed by atoms with Crippen molar-refractivity contribution >= 4 is 22.4 Å². The molecule has 5 heteroatoms. The molecule has 0 radical (unpaired) electrons. The number of nitrogens with one attached hydrogen (secondary N) is 1. The smallest absolute Gasteiger partial charge is 0.315 e. The fourth-order valence-corrected chi connectivity index (χ4v) is 3.20. The minimum atomic E-state index is -0.823. The first kappa shape index (κ1) is 13.3. The molecule has 0 aliphatic heterocycles. The Kier molecular flexibility index (Phi) is 3.90. The molecule has 100 valence electrons. The monoisotopic (exact) mass is 268 g/mol. The minimum Gasteiger partial charge on any atom is -0.481 e. The van der Waals surface area contributed by atoms with Crippen LogP contribution in [0, 0.1) is 0 Å². The quantitative estimate of drug-likeness (QED) is 0.831. The molecule has 2 rings (SSSR count). The Morgan fingerprint density at radius 2 is 2.22 bits per heavy atom. The molecule has 18 heavy (non-hydrogen) atoms. The molecule has 0 aromatic carbocycles. The topological polar surface area (TPSA) is 62.2 Å². The van der Waals surface area contributed by atoms with Gasteiger partial charge in [0, 0.05) is 11.4 Å². The number of anilines is 1. The zero-order valence-corrected chi connectivity index (χ0v) is 11.7. The van der Waals surface area contributed by atoms with Crippen molar-refractivity contribution in [3.05, 3.63) is 11.1 Å². The first-order chi connectivity index (χ1) is 8.62. The van der Waals surface area contributed by atoms with Crippen LogP contribution in [0.4, 0.5) is 5.13 Å². The average molecular weight is 268 g/mol. The third kappa shape index (κ3) is 2.23. The zero-order valence-electron chi connectivity index (χ0n) is 10.9. The lowest BCUT2D eigenvalue weighted by Crippen LogP contribution is -2.35. The van der Waals surface area contributed by atoms with Crippen LogP contribution in [-0.4, -0.2) is 22.1 Å². The summed E-state index contributed by atoms with van der Waals surface area (Å²) in [6.07, 6.45) is 4.82. The van der Waals surface area contributed by atoms with Crippen LogP contribution >= 0.6 is 11.3 Å². The Labute approximate surface area is 111 Å². The summed E-state index contributed by atoms with van der Waals surface area (Å²) in [6, 6.07) is 0.534. The number of rotatable bonds is 6. The van der Waals surface area contributed by atoms with Crippen molar-refractivity contribution in [3.63, 3.8) is 0 Å². The van der Waals surface area contributed by atoms with E-state index >= 15 is 0 Å². The number of thiazole rings is 1. The number of hydrogen-bond donors (Lipinski definition) is 2. The number of hydrogen-bond acceptors (Lipinski definition) is 4. The van der Waals surface area contributed by atoms with E-state index in [4.69, 9.17) is 0 Å². The Hall–Kier alpha value is -1.10. The van der Waals surface area contributed by atoms with Gasteiger partial charge >= 0.3 is 5.97 Å². The van der Waals surface area contributed by atoms with Crippen molar-refractivity contribution in [3.8, 4) is 0 Å². The van der Waals surface area contributed by atoms with Crippen LogP contribution in [-0.2, 0) is 10.2 Å². The second kappa shape index (κ2) is 5.26. The number of carboxylic acid groups (broad SMARTS) is 1. The standard InChI is InChI=1S/C13H20N2O2S/c1-3-13(4-2,11(16)17)10-8-18-12(15-10)14-9-6-5-7-9/h8-9H,3-7H2,1-2H3,(H,14,15)(H,16,17). The number of carboxylic acids is 1. The van der Waals surface area contributed by atoms with Gasteiger partial charge in [0.15, 0.2) is 5.13 Å². The summed E-state index contributed by atoms with van der Waals surface area (Å²) in [5.41, 5.74) is -0.123. The Morgan fingerprint density at radius 1 is 1.56 bits per heavy atom. The SMILES string of the molecule is CCC(CC)(C(=O)O)c1csc(NC2CCC2)n1. The summed E-state index contributed by atoms with van der Waals surface area (Å²) in [5.74, 6) is -0.770. The van der Waals surface area contributed by atoms with Crippen molar-refractivity contribution in [1.82, 2.24) is 4.98 Å². The summed E-state index contributed by atoms with van der Waals surface area (Å²) in [4.78, 5) is 16.0. The van der Waals surface area contributed by atoms with Gasteiger partial charge in [-0.2, -0.15) is 0 Å². The second-order valence-corrected chi connectivity index (χ2v) is 5.76. The van der Waals surface area contributed by atoms with E-state index in [1.54, 1.807) is 0 Å². The van der Waals surface area contributed by atoms with Gasteiger partial charge in [-0.05, 0) is 32.1 Å². The van der Waals surface area contributed by atoms with Gasteiger partial charge in [-0.25, -0.2) is 4.98 Å². The van der Waals surface area contributed by atoms with Crippen molar-refractivity contribution in [2.75, 3.05) is 5.32 Å². The fourth-order valence-electron chi connectivity index (χ4n) is 2.31. The van der Waals surface area contributed by atoms with E-state index in [1.807, 2.05) is 19.2 Å². The van der Waals surface area contributed by atoms with Crippen molar-refractivity contribution in [1.29, 1.82) is 0 Å². The van der Waals surface area contributed by atoms with E-state index in [-0.39, 0.29) is 0 Å². The van der Waals surface area contributed by atoms with Crippen LogP contribution < -0.4 is 5.32 Å². The van der Waals surface area contributed by atoms with Gasteiger partial charge in [0.2, 0.25) is 0 Å². The van der Waals surface area contributed by atoms with Gasteiger partial charge in [-0.1, -0.05) is 13.8 Å². The number of aliphatic carboxylic acids is 1. The van der Waals surface area contributed by atoms with E-state index in [9.17, 15) is 9.90 Å². The lowest BCUT2D eigenvalue weighted by molar-refractivity contribution is -0.144. The number of aromatic nitrogens is 1. The summed E-state index contributed by atoms with van der Waals surface area (Å²) >= 11 is 1.52. The Balaban J connectivity index is 2.18. The molecular formula is C13H20N2O2S. The fraction of sp³-hybridized carbons (Fsp3) is 0.692. The molecule has 1 saturated carbocycles. The van der Waals surface area contributed by atoms with Gasteiger partial charge < -0.3 is 10.4 Å². The minimum absolute atomic E-state index is 0.534. The molecule has 1 aliphatic carbocycles. The molecular weight excluding hydrogens is 248 g/mol. The molecule has 1 fully saturated rings. The third-order valence-electron chi connectivity index (χ3n) is 4.04. The molecule has 4 nitrogen and oxygen atoms in total. The van der Waals surface area contributed by atoms with Crippen molar-refractivity contribution in [2.45, 2.75) is 57.4 Å². The maximum Gasteiger partial charge on any atom is 0.315 e. The number of carbonyl (C=O) groups is 1. The van der Waals surface area contributed by atoms with E-state index in [0.29, 0.717) is 24.6 Å². The van der Waals surface area contributed by atoms with Crippen molar-refractivity contribution in [2.24, 2.45) is 0 Å².